The molecule has 16 heavy (non-hydrogen) atoms. The van der Waals surface area contributed by atoms with Crippen molar-refractivity contribution in [2.45, 2.75) is 30.2 Å². The maximum absolute atomic E-state index is 12.0. The minimum absolute atomic E-state index is 0.124. The molecule has 0 saturated carbocycles. The summed E-state index contributed by atoms with van der Waals surface area (Å²) in [4.78, 5) is 0.919. The Morgan fingerprint density at radius 3 is 2.62 bits per heavy atom. The van der Waals surface area contributed by atoms with Gasteiger partial charge in [0.15, 0.2) is 0 Å². The van der Waals surface area contributed by atoms with E-state index in [0.717, 1.165) is 11.4 Å². The second-order valence-electron chi connectivity index (χ2n) is 3.92. The van der Waals surface area contributed by atoms with Crippen LogP contribution in [0.5, 0.6) is 0 Å². The largest absolute Gasteiger partial charge is 0.310 e. The lowest BCUT2D eigenvalue weighted by molar-refractivity contribution is 0.177. The lowest BCUT2D eigenvalue weighted by atomic mass is 10.1. The fraction of sp³-hybridized carbons (Fsp3) is 0.500. The SMILES string of the molecule is FC(F)CSc1ccc(C2CCCN2)cc1. The Bertz CT molecular complexity index is 320. The van der Waals surface area contributed by atoms with Gasteiger partial charge < -0.3 is 5.32 Å². The summed E-state index contributed by atoms with van der Waals surface area (Å²) >= 11 is 1.21. The number of alkyl halides is 2. The number of hydrogen-bond acceptors (Lipinski definition) is 2. The van der Waals surface area contributed by atoms with Gasteiger partial charge in [-0.25, -0.2) is 8.78 Å². The van der Waals surface area contributed by atoms with Crippen LogP contribution in [-0.4, -0.2) is 18.7 Å². The molecule has 88 valence electrons. The standard InChI is InChI=1S/C12H15F2NS/c13-12(14)8-16-10-5-3-9(4-6-10)11-2-1-7-15-11/h3-6,11-12,15H,1-2,7-8H2. The third-order valence-corrected chi connectivity index (χ3v) is 3.74. The van der Waals surface area contributed by atoms with Crippen LogP contribution in [0.3, 0.4) is 0 Å². The lowest BCUT2D eigenvalue weighted by Gasteiger charge is -2.10. The Kier molecular flexibility index (Phi) is 4.18. The minimum atomic E-state index is -2.24. The van der Waals surface area contributed by atoms with E-state index in [4.69, 9.17) is 0 Å². The van der Waals surface area contributed by atoms with Crippen molar-refractivity contribution in [1.82, 2.24) is 5.32 Å². The van der Waals surface area contributed by atoms with Crippen LogP contribution in [0.2, 0.25) is 0 Å². The lowest BCUT2D eigenvalue weighted by Crippen LogP contribution is -2.12. The molecular formula is C12H15F2NS. The quantitative estimate of drug-likeness (QED) is 0.813. The molecule has 1 unspecified atom stereocenters. The van der Waals surface area contributed by atoms with Crippen molar-refractivity contribution in [2.24, 2.45) is 0 Å². The maximum Gasteiger partial charge on any atom is 0.247 e. The zero-order chi connectivity index (χ0) is 11.4. The molecule has 0 aliphatic carbocycles. The highest BCUT2D eigenvalue weighted by molar-refractivity contribution is 7.99. The molecule has 0 amide bonds. The summed E-state index contributed by atoms with van der Waals surface area (Å²) in [5, 5.41) is 3.42. The average molecular weight is 243 g/mol. The van der Waals surface area contributed by atoms with Gasteiger partial charge in [0.05, 0.1) is 5.75 Å². The van der Waals surface area contributed by atoms with E-state index in [9.17, 15) is 8.78 Å². The highest BCUT2D eigenvalue weighted by Gasteiger charge is 2.15. The molecule has 1 N–H and O–H groups in total. The van der Waals surface area contributed by atoms with Gasteiger partial charge in [-0.3, -0.25) is 0 Å². The zero-order valence-electron chi connectivity index (χ0n) is 8.96. The fourth-order valence-electron chi connectivity index (χ4n) is 1.92. The number of hydrogen-bond donors (Lipinski definition) is 1. The first-order chi connectivity index (χ1) is 7.75. The summed E-state index contributed by atoms with van der Waals surface area (Å²) in [6.07, 6.45) is 0.150. The van der Waals surface area contributed by atoms with E-state index in [2.05, 4.69) is 5.32 Å². The van der Waals surface area contributed by atoms with Crippen molar-refractivity contribution in [3.63, 3.8) is 0 Å². The Balaban J connectivity index is 1.93. The first-order valence-electron chi connectivity index (χ1n) is 5.50. The highest BCUT2D eigenvalue weighted by Crippen LogP contribution is 2.26. The third-order valence-electron chi connectivity index (χ3n) is 2.72. The molecule has 1 saturated heterocycles. The number of rotatable bonds is 4. The van der Waals surface area contributed by atoms with Gasteiger partial charge >= 0.3 is 0 Å². The van der Waals surface area contributed by atoms with E-state index in [1.165, 1.54) is 30.2 Å². The molecule has 0 bridgehead atoms. The van der Waals surface area contributed by atoms with Crippen LogP contribution in [0, 0.1) is 0 Å². The Labute approximate surface area is 98.6 Å². The van der Waals surface area contributed by atoms with E-state index >= 15 is 0 Å². The number of benzene rings is 1. The molecule has 0 aromatic heterocycles. The predicted molar refractivity (Wildman–Crippen MR) is 63.1 cm³/mol. The topological polar surface area (TPSA) is 12.0 Å². The normalized spacial score (nSPS) is 20.6. The predicted octanol–water partition coefficient (Wildman–Crippen LogP) is 3.47. The first kappa shape index (κ1) is 11.9. The highest BCUT2D eigenvalue weighted by atomic mass is 32.2. The molecule has 1 aromatic rings. The van der Waals surface area contributed by atoms with Crippen LogP contribution < -0.4 is 5.32 Å². The third kappa shape index (κ3) is 3.19. The monoisotopic (exact) mass is 243 g/mol. The van der Waals surface area contributed by atoms with Gasteiger partial charge in [-0.05, 0) is 37.1 Å². The van der Waals surface area contributed by atoms with Gasteiger partial charge in [0.2, 0.25) is 6.43 Å². The van der Waals surface area contributed by atoms with Crippen LogP contribution in [0.4, 0.5) is 8.78 Å². The Morgan fingerprint density at radius 1 is 1.31 bits per heavy atom. The van der Waals surface area contributed by atoms with Gasteiger partial charge in [0, 0.05) is 10.9 Å². The summed E-state index contributed by atoms with van der Waals surface area (Å²) in [6, 6.07) is 8.40. The summed E-state index contributed by atoms with van der Waals surface area (Å²) in [5.41, 5.74) is 1.26. The van der Waals surface area contributed by atoms with Crippen molar-refractivity contribution in [1.29, 1.82) is 0 Å². The summed E-state index contributed by atoms with van der Waals surface area (Å²) in [6.45, 7) is 1.08. The Hall–Kier alpha value is -0.610. The smallest absolute Gasteiger partial charge is 0.247 e. The van der Waals surface area contributed by atoms with Crippen molar-refractivity contribution >= 4 is 11.8 Å². The number of nitrogens with one attached hydrogen (secondary N) is 1. The zero-order valence-corrected chi connectivity index (χ0v) is 9.77. The summed E-state index contributed by atoms with van der Waals surface area (Å²) < 4.78 is 24.0. The van der Waals surface area contributed by atoms with Crippen molar-refractivity contribution in [3.8, 4) is 0 Å². The van der Waals surface area contributed by atoms with Crippen LogP contribution in [-0.2, 0) is 0 Å². The summed E-state index contributed by atoms with van der Waals surface area (Å²) in [5.74, 6) is -0.124. The van der Waals surface area contributed by atoms with Crippen LogP contribution >= 0.6 is 11.8 Å². The Morgan fingerprint density at radius 2 is 2.06 bits per heavy atom. The van der Waals surface area contributed by atoms with Gasteiger partial charge in [0.1, 0.15) is 0 Å². The molecule has 1 aliphatic heterocycles. The minimum Gasteiger partial charge on any atom is -0.310 e. The number of thioether (sulfide) groups is 1. The van der Waals surface area contributed by atoms with E-state index in [-0.39, 0.29) is 5.75 Å². The molecule has 1 aromatic carbocycles. The summed E-state index contributed by atoms with van der Waals surface area (Å²) in [7, 11) is 0. The molecule has 1 fully saturated rings. The van der Waals surface area contributed by atoms with Gasteiger partial charge in [-0.2, -0.15) is 0 Å². The van der Waals surface area contributed by atoms with E-state index in [1.54, 1.807) is 0 Å². The van der Waals surface area contributed by atoms with E-state index < -0.39 is 6.43 Å². The molecule has 4 heteroatoms. The van der Waals surface area contributed by atoms with Crippen molar-refractivity contribution in [3.05, 3.63) is 29.8 Å². The molecule has 1 nitrogen and oxygen atoms in total. The number of halogens is 2. The molecule has 1 atom stereocenters. The average Bonchev–Trinajstić information content (AvgIpc) is 2.80. The van der Waals surface area contributed by atoms with Gasteiger partial charge in [-0.15, -0.1) is 11.8 Å². The van der Waals surface area contributed by atoms with E-state index in [0.29, 0.717) is 6.04 Å². The maximum atomic E-state index is 12.0. The first-order valence-corrected chi connectivity index (χ1v) is 6.48. The van der Waals surface area contributed by atoms with Crippen LogP contribution in [0.15, 0.2) is 29.2 Å². The molecule has 1 aliphatic rings. The molecule has 2 rings (SSSR count). The molecule has 1 heterocycles. The second-order valence-corrected chi connectivity index (χ2v) is 5.01. The fourth-order valence-corrected chi connectivity index (χ4v) is 2.57. The van der Waals surface area contributed by atoms with Gasteiger partial charge in [0.25, 0.3) is 0 Å². The second kappa shape index (κ2) is 5.64. The molecule has 0 radical (unpaired) electrons. The van der Waals surface area contributed by atoms with Crippen LogP contribution in [0.1, 0.15) is 24.4 Å². The van der Waals surface area contributed by atoms with Crippen molar-refractivity contribution in [2.75, 3.05) is 12.3 Å². The molecular weight excluding hydrogens is 228 g/mol. The van der Waals surface area contributed by atoms with Crippen molar-refractivity contribution < 1.29 is 8.78 Å². The van der Waals surface area contributed by atoms with E-state index in [1.807, 2.05) is 24.3 Å². The van der Waals surface area contributed by atoms with Crippen LogP contribution in [0.25, 0.3) is 0 Å². The van der Waals surface area contributed by atoms with Gasteiger partial charge in [-0.1, -0.05) is 12.1 Å². The molecule has 0 spiro atoms.